The Bertz CT molecular complexity index is 366. The molecule has 1 rings (SSSR count). The number of hydrogen-bond acceptors (Lipinski definition) is 0. The summed E-state index contributed by atoms with van der Waals surface area (Å²) in [6.07, 6.45) is 0. The molecule has 0 aliphatic heterocycles. The smallest absolute Gasteiger partial charge is 0.307 e. The average molecular weight is 276 g/mol. The van der Waals surface area contributed by atoms with Crippen LogP contribution in [-0.4, -0.2) is 0 Å². The largest absolute Gasteiger partial charge is 1.00 e. The molecule has 18 heavy (non-hydrogen) atoms. The Morgan fingerprint density at radius 2 is 1.17 bits per heavy atom. The van der Waals surface area contributed by atoms with E-state index in [0.29, 0.717) is 16.2 Å². The summed E-state index contributed by atoms with van der Waals surface area (Å²) in [5, 5.41) is 4.96. The van der Waals surface area contributed by atoms with Crippen LogP contribution in [0.3, 0.4) is 0 Å². The van der Waals surface area contributed by atoms with E-state index in [1.54, 1.807) is 15.6 Å². The van der Waals surface area contributed by atoms with Crippen LogP contribution in [0.1, 0.15) is 77.9 Å². The molecular weight excluding hydrogens is 249 g/mol. The van der Waals surface area contributed by atoms with Gasteiger partial charge in [-0.1, -0.05) is 62.3 Å². The zero-order chi connectivity index (χ0) is 13.6. The van der Waals surface area contributed by atoms with Crippen molar-refractivity contribution in [3.05, 3.63) is 15.6 Å². The van der Waals surface area contributed by atoms with Crippen molar-refractivity contribution in [2.45, 2.75) is 78.6 Å². The van der Waals surface area contributed by atoms with Gasteiger partial charge in [0.2, 0.25) is 0 Å². The Kier molecular flexibility index (Phi) is 5.92. The van der Waals surface area contributed by atoms with E-state index >= 15 is 0 Å². The first kappa shape index (κ1) is 18.8. The van der Waals surface area contributed by atoms with Gasteiger partial charge in [0.1, 0.15) is 0 Å². The molecule has 0 spiro atoms. The third-order valence-electron chi connectivity index (χ3n) is 2.75. The molecule has 0 saturated heterocycles. The van der Waals surface area contributed by atoms with Crippen LogP contribution in [0.25, 0.3) is 0 Å². The molecule has 1 aromatic heterocycles. The maximum absolute atomic E-state index is 2.35. The summed E-state index contributed by atoms with van der Waals surface area (Å²) in [6.45, 7) is 21.1. The van der Waals surface area contributed by atoms with Gasteiger partial charge >= 0.3 is 18.9 Å². The maximum Gasteiger partial charge on any atom is 1.00 e. The molecule has 0 aliphatic carbocycles. The molecule has 0 nitrogen and oxygen atoms in total. The van der Waals surface area contributed by atoms with E-state index in [1.165, 1.54) is 16.4 Å². The van der Waals surface area contributed by atoms with Crippen LogP contribution in [-0.2, 0) is 16.2 Å². The van der Waals surface area contributed by atoms with Crippen LogP contribution in [0, 0.1) is 0 Å². The van der Waals surface area contributed by atoms with Crippen LogP contribution in [0.15, 0.2) is 0 Å². The van der Waals surface area contributed by atoms with Gasteiger partial charge in [-0.3, -0.25) is 0 Å². The fourth-order valence-electron chi connectivity index (χ4n) is 1.72. The van der Waals surface area contributed by atoms with E-state index < -0.39 is 0 Å². The maximum atomic E-state index is 2.35. The van der Waals surface area contributed by atoms with Crippen molar-refractivity contribution in [2.24, 2.45) is 0 Å². The average Bonchev–Trinajstić information content (AvgIpc) is 2.42. The summed E-state index contributed by atoms with van der Waals surface area (Å²) >= 11 is 0. The second-order valence-corrected chi connectivity index (χ2v) is 10.6. The topological polar surface area (TPSA) is 0 Å². The minimum Gasteiger partial charge on any atom is -0.307 e. The number of rotatable bonds is 0. The van der Waals surface area contributed by atoms with E-state index in [1.807, 2.05) is 0 Å². The molecule has 0 fully saturated rings. The molecule has 0 saturated carbocycles. The minimum absolute atomic E-state index is 0. The Morgan fingerprint density at radius 1 is 0.722 bits per heavy atom. The Hall–Kier alpha value is 0.807. The molecule has 3 heteroatoms. The van der Waals surface area contributed by atoms with E-state index in [0.717, 1.165) is 0 Å². The standard InChI is InChI=1S/C15H27P2.Li/c1-13(2,3)10-11(14(4,5)6)17-12(16-10)15(7,8)9;/h1-9H3;/q-1;+1. The Labute approximate surface area is 129 Å². The Balaban J connectivity index is 0.00000289. The van der Waals surface area contributed by atoms with Gasteiger partial charge in [-0.05, 0) is 16.2 Å². The van der Waals surface area contributed by atoms with E-state index in [2.05, 4.69) is 62.3 Å². The van der Waals surface area contributed by atoms with E-state index in [-0.39, 0.29) is 18.9 Å². The summed E-state index contributed by atoms with van der Waals surface area (Å²) in [5.74, 6) is 0. The van der Waals surface area contributed by atoms with E-state index in [9.17, 15) is 0 Å². The quantitative estimate of drug-likeness (QED) is 0.637. The molecule has 1 aromatic rings. The zero-order valence-electron chi connectivity index (χ0n) is 13.9. The van der Waals surface area contributed by atoms with Gasteiger partial charge in [-0.2, -0.15) is 5.03 Å². The summed E-state index contributed by atoms with van der Waals surface area (Å²) in [4.78, 5) is 0. The molecule has 0 radical (unpaired) electrons. The van der Waals surface area contributed by atoms with Crippen LogP contribution in [0.4, 0.5) is 0 Å². The zero-order valence-corrected chi connectivity index (χ0v) is 15.7. The molecule has 0 atom stereocenters. The molecule has 0 N–H and O–H groups in total. The SMILES string of the molecule is CC(C)(C)c1pc(C(C)(C)C)c(C(C)(C)C)[p-]1.[Li+]. The number of hydrogen-bond donors (Lipinski definition) is 0. The molecule has 98 valence electrons. The van der Waals surface area contributed by atoms with Gasteiger partial charge in [0.05, 0.1) is 0 Å². The molecule has 0 unspecified atom stereocenters. The van der Waals surface area contributed by atoms with Crippen molar-refractivity contribution in [2.75, 3.05) is 0 Å². The van der Waals surface area contributed by atoms with Gasteiger partial charge < -0.3 is 16.4 Å². The van der Waals surface area contributed by atoms with Crippen molar-refractivity contribution in [1.29, 1.82) is 0 Å². The normalized spacial score (nSPS) is 14.3. The molecule has 0 aromatic carbocycles. The van der Waals surface area contributed by atoms with Gasteiger partial charge in [-0.15, -0.1) is 10.6 Å². The summed E-state index contributed by atoms with van der Waals surface area (Å²) < 4.78 is 0. The van der Waals surface area contributed by atoms with Crippen molar-refractivity contribution in [1.82, 2.24) is 0 Å². The van der Waals surface area contributed by atoms with Crippen molar-refractivity contribution < 1.29 is 18.9 Å². The fourth-order valence-corrected chi connectivity index (χ4v) is 5.47. The van der Waals surface area contributed by atoms with Gasteiger partial charge in [0, 0.05) is 0 Å². The molecule has 1 heterocycles. The van der Waals surface area contributed by atoms with Crippen molar-refractivity contribution >= 4 is 16.4 Å². The summed E-state index contributed by atoms with van der Waals surface area (Å²) in [6, 6.07) is 0. The molecule has 0 aliphatic rings. The van der Waals surface area contributed by atoms with Gasteiger partial charge in [-0.25, -0.2) is 0 Å². The third kappa shape index (κ3) is 4.42. The third-order valence-corrected chi connectivity index (χ3v) is 7.53. The first-order valence-corrected chi connectivity index (χ1v) is 8.18. The first-order valence-electron chi connectivity index (χ1n) is 6.39. The molecular formula is C15H27LiP2. The molecule has 0 bridgehead atoms. The van der Waals surface area contributed by atoms with Crippen molar-refractivity contribution in [3.63, 3.8) is 0 Å². The van der Waals surface area contributed by atoms with Crippen LogP contribution >= 0.6 is 16.4 Å². The monoisotopic (exact) mass is 276 g/mol. The molecule has 0 amide bonds. The second-order valence-electron chi connectivity index (χ2n) is 7.99. The summed E-state index contributed by atoms with van der Waals surface area (Å²) in [5.41, 5.74) is 0.918. The van der Waals surface area contributed by atoms with Gasteiger partial charge in [0.25, 0.3) is 0 Å². The van der Waals surface area contributed by atoms with Crippen molar-refractivity contribution in [3.8, 4) is 0 Å². The van der Waals surface area contributed by atoms with Gasteiger partial charge in [0.15, 0.2) is 0 Å². The van der Waals surface area contributed by atoms with Crippen LogP contribution < -0.4 is 18.9 Å². The predicted molar refractivity (Wildman–Crippen MR) is 83.2 cm³/mol. The fraction of sp³-hybridized carbons (Fsp3) is 0.800. The second kappa shape index (κ2) is 5.66. The Morgan fingerprint density at radius 3 is 1.39 bits per heavy atom. The summed E-state index contributed by atoms with van der Waals surface area (Å²) in [7, 11) is 2.97. The van der Waals surface area contributed by atoms with Crippen LogP contribution in [0.5, 0.6) is 0 Å². The minimum atomic E-state index is 0. The first-order chi connectivity index (χ1) is 7.33. The van der Waals surface area contributed by atoms with E-state index in [4.69, 9.17) is 0 Å². The van der Waals surface area contributed by atoms with Crippen LogP contribution in [0.2, 0.25) is 0 Å². The predicted octanol–water partition coefficient (Wildman–Crippen LogP) is 3.46.